The summed E-state index contributed by atoms with van der Waals surface area (Å²) >= 11 is 0. The molecule has 0 saturated carbocycles. The number of halogens is 1. The topological polar surface area (TPSA) is 70.1 Å². The zero-order chi connectivity index (χ0) is 25.0. The lowest BCUT2D eigenvalue weighted by Gasteiger charge is -2.28. The fourth-order valence-corrected chi connectivity index (χ4v) is 4.23. The zero-order valence-corrected chi connectivity index (χ0v) is 20.5. The lowest BCUT2D eigenvalue weighted by molar-refractivity contribution is -0.140. The summed E-state index contributed by atoms with van der Waals surface area (Å²) in [5.41, 5.74) is 1.79. The largest absolute Gasteiger partial charge is 0.507 e. The van der Waals surface area contributed by atoms with Crippen molar-refractivity contribution in [2.45, 2.75) is 46.8 Å². The van der Waals surface area contributed by atoms with Crippen molar-refractivity contribution in [2.24, 2.45) is 0 Å². The van der Waals surface area contributed by atoms with Crippen molar-refractivity contribution in [3.8, 4) is 5.75 Å². The fourth-order valence-electron chi connectivity index (χ4n) is 4.23. The van der Waals surface area contributed by atoms with Gasteiger partial charge < -0.3 is 19.6 Å². The van der Waals surface area contributed by atoms with E-state index in [0.717, 1.165) is 18.7 Å². The van der Waals surface area contributed by atoms with Gasteiger partial charge in [0.15, 0.2) is 0 Å². The van der Waals surface area contributed by atoms with Crippen LogP contribution in [0.25, 0.3) is 5.76 Å². The van der Waals surface area contributed by atoms with Gasteiger partial charge in [-0.15, -0.1) is 0 Å². The highest BCUT2D eigenvalue weighted by Crippen LogP contribution is 2.39. The van der Waals surface area contributed by atoms with Crippen LogP contribution in [0.5, 0.6) is 5.75 Å². The molecule has 0 radical (unpaired) electrons. The first kappa shape index (κ1) is 25.4. The van der Waals surface area contributed by atoms with Crippen molar-refractivity contribution in [2.75, 3.05) is 26.2 Å². The average molecular weight is 469 g/mol. The Kier molecular flexibility index (Phi) is 8.10. The van der Waals surface area contributed by atoms with Gasteiger partial charge in [-0.05, 0) is 75.3 Å². The van der Waals surface area contributed by atoms with Gasteiger partial charge in [0.05, 0.1) is 17.7 Å². The second-order valence-corrected chi connectivity index (χ2v) is 8.72. The number of aliphatic hydroxyl groups is 1. The first-order valence-electron chi connectivity index (χ1n) is 11.7. The van der Waals surface area contributed by atoms with E-state index < -0.39 is 23.5 Å². The Morgan fingerprint density at radius 2 is 1.76 bits per heavy atom. The molecule has 0 bridgehead atoms. The monoisotopic (exact) mass is 468 g/mol. The maximum atomic E-state index is 13.6. The number of aliphatic hydroxyl groups excluding tert-OH is 1. The molecule has 0 aliphatic carbocycles. The number of hydrogen-bond donors (Lipinski definition) is 1. The van der Waals surface area contributed by atoms with E-state index in [-0.39, 0.29) is 17.4 Å². The van der Waals surface area contributed by atoms with Gasteiger partial charge in [-0.3, -0.25) is 9.59 Å². The van der Waals surface area contributed by atoms with Gasteiger partial charge in [0.2, 0.25) is 0 Å². The molecule has 2 aromatic carbocycles. The number of amides is 1. The molecule has 1 heterocycles. The first-order valence-corrected chi connectivity index (χ1v) is 11.7. The number of carbonyl (C=O) groups excluding carboxylic acids is 2. The lowest BCUT2D eigenvalue weighted by atomic mass is 9.94. The van der Waals surface area contributed by atoms with Crippen molar-refractivity contribution in [1.82, 2.24) is 9.80 Å². The van der Waals surface area contributed by atoms with Crippen LogP contribution in [-0.4, -0.2) is 58.9 Å². The number of nitrogens with zero attached hydrogens (tertiary/aromatic N) is 2. The normalized spacial score (nSPS) is 17.8. The molecule has 0 aromatic heterocycles. The van der Waals surface area contributed by atoms with E-state index in [1.54, 1.807) is 30.3 Å². The molecule has 182 valence electrons. The number of ketones is 1. The number of benzene rings is 2. The molecular weight excluding hydrogens is 435 g/mol. The molecule has 1 aliphatic heterocycles. The van der Waals surface area contributed by atoms with Gasteiger partial charge in [0.1, 0.15) is 17.3 Å². The number of ether oxygens (including phenoxy) is 1. The molecule has 1 N–H and O–H groups in total. The van der Waals surface area contributed by atoms with E-state index in [9.17, 15) is 19.1 Å². The van der Waals surface area contributed by atoms with E-state index >= 15 is 0 Å². The molecule has 6 nitrogen and oxygen atoms in total. The molecule has 2 aromatic rings. The van der Waals surface area contributed by atoms with Gasteiger partial charge in [-0.1, -0.05) is 26.0 Å². The van der Waals surface area contributed by atoms with Gasteiger partial charge in [-0.25, -0.2) is 4.39 Å². The third kappa shape index (κ3) is 5.30. The molecule has 1 saturated heterocycles. The minimum Gasteiger partial charge on any atom is -0.507 e. The number of hydrogen-bond acceptors (Lipinski definition) is 5. The van der Waals surface area contributed by atoms with E-state index in [1.165, 1.54) is 17.0 Å². The molecule has 1 atom stereocenters. The van der Waals surface area contributed by atoms with Crippen LogP contribution < -0.4 is 4.74 Å². The van der Waals surface area contributed by atoms with Crippen molar-refractivity contribution < 1.29 is 23.8 Å². The molecule has 3 rings (SSSR count). The summed E-state index contributed by atoms with van der Waals surface area (Å²) in [5, 5.41) is 11.2. The van der Waals surface area contributed by atoms with Crippen molar-refractivity contribution in [1.29, 1.82) is 0 Å². The Morgan fingerprint density at radius 1 is 1.12 bits per heavy atom. The Labute approximate surface area is 200 Å². The lowest BCUT2D eigenvalue weighted by Crippen LogP contribution is -2.38. The van der Waals surface area contributed by atoms with Crippen LogP contribution in [0.1, 0.15) is 50.4 Å². The summed E-state index contributed by atoms with van der Waals surface area (Å²) in [6.07, 6.45) is -0.00671. The van der Waals surface area contributed by atoms with Crippen LogP contribution in [0.15, 0.2) is 48.0 Å². The van der Waals surface area contributed by atoms with Crippen LogP contribution >= 0.6 is 0 Å². The molecule has 0 spiro atoms. The number of likely N-dealkylation sites (tertiary alicyclic amines) is 1. The molecule has 1 aliphatic rings. The number of likely N-dealkylation sites (N-methyl/N-ethyl adjacent to an activating group) is 1. The van der Waals surface area contributed by atoms with Crippen molar-refractivity contribution in [3.05, 3.63) is 70.5 Å². The predicted molar refractivity (Wildman–Crippen MR) is 130 cm³/mol. The fraction of sp³-hybridized carbons (Fsp3) is 0.407. The van der Waals surface area contributed by atoms with Crippen molar-refractivity contribution >= 4 is 17.4 Å². The minimum absolute atomic E-state index is 0.00671. The zero-order valence-electron chi connectivity index (χ0n) is 20.5. The average Bonchev–Trinajstić information content (AvgIpc) is 3.05. The maximum absolute atomic E-state index is 13.6. The summed E-state index contributed by atoms with van der Waals surface area (Å²) in [6.45, 7) is 12.3. The molecule has 7 heteroatoms. The summed E-state index contributed by atoms with van der Waals surface area (Å²) in [5.74, 6) is -1.40. The second-order valence-electron chi connectivity index (χ2n) is 8.72. The van der Waals surface area contributed by atoms with E-state index in [4.69, 9.17) is 4.74 Å². The molecular formula is C27H33FN2O4. The predicted octanol–water partition coefficient (Wildman–Crippen LogP) is 4.68. The highest BCUT2D eigenvalue weighted by Gasteiger charge is 2.46. The van der Waals surface area contributed by atoms with Gasteiger partial charge in [0.25, 0.3) is 11.7 Å². The summed E-state index contributed by atoms with van der Waals surface area (Å²) in [7, 11) is 0. The quantitative estimate of drug-likeness (QED) is 0.329. The van der Waals surface area contributed by atoms with E-state index in [1.807, 2.05) is 34.6 Å². The summed E-state index contributed by atoms with van der Waals surface area (Å²) in [4.78, 5) is 29.8. The standard InChI is InChI=1S/C27H33FN2O4/c1-6-29(7-2)14-15-30-24(19-8-11-21(28)12-9-19)23(26(32)27(30)33)25(31)20-10-13-22(18(5)16-20)34-17(3)4/h8-13,16-17,24,31H,6-7,14-15H2,1-5H3/b25-23+. The van der Waals surface area contributed by atoms with Crippen LogP contribution in [0.2, 0.25) is 0 Å². The number of rotatable bonds is 9. The Morgan fingerprint density at radius 3 is 2.32 bits per heavy atom. The molecule has 1 amide bonds. The van der Waals surface area contributed by atoms with E-state index in [2.05, 4.69) is 4.90 Å². The maximum Gasteiger partial charge on any atom is 0.295 e. The van der Waals surface area contributed by atoms with Gasteiger partial charge in [-0.2, -0.15) is 0 Å². The third-order valence-corrected chi connectivity index (χ3v) is 6.09. The SMILES string of the molecule is CCN(CC)CCN1C(=O)C(=O)/C(=C(/O)c2ccc(OC(C)C)c(C)c2)C1c1ccc(F)cc1. The highest BCUT2D eigenvalue weighted by atomic mass is 19.1. The Hall–Kier alpha value is -3.19. The van der Waals surface area contributed by atoms with Gasteiger partial charge >= 0.3 is 0 Å². The molecule has 1 fully saturated rings. The van der Waals surface area contributed by atoms with Crippen LogP contribution in [0, 0.1) is 12.7 Å². The highest BCUT2D eigenvalue weighted by molar-refractivity contribution is 6.46. The smallest absolute Gasteiger partial charge is 0.295 e. The summed E-state index contributed by atoms with van der Waals surface area (Å²) in [6, 6.07) is 10.0. The number of aryl methyl sites for hydroxylation is 1. The minimum atomic E-state index is -0.803. The number of carbonyl (C=O) groups is 2. The third-order valence-electron chi connectivity index (χ3n) is 6.09. The van der Waals surface area contributed by atoms with Crippen molar-refractivity contribution in [3.63, 3.8) is 0 Å². The summed E-state index contributed by atoms with van der Waals surface area (Å²) < 4.78 is 19.4. The van der Waals surface area contributed by atoms with Gasteiger partial charge in [0, 0.05) is 18.7 Å². The first-order chi connectivity index (χ1) is 16.2. The molecule has 34 heavy (non-hydrogen) atoms. The van der Waals surface area contributed by atoms with Crippen LogP contribution in [0.3, 0.4) is 0 Å². The Bertz CT molecular complexity index is 1070. The van der Waals surface area contributed by atoms with Crippen LogP contribution in [0.4, 0.5) is 4.39 Å². The van der Waals surface area contributed by atoms with E-state index in [0.29, 0.717) is 30.0 Å². The number of Topliss-reactive ketones (excluding diaryl/α,β-unsaturated/α-hetero) is 1. The van der Waals surface area contributed by atoms with Crippen LogP contribution in [-0.2, 0) is 9.59 Å². The Balaban J connectivity index is 2.08. The molecule has 1 unspecified atom stereocenters. The second kappa shape index (κ2) is 10.8.